The second kappa shape index (κ2) is 15.8. The first-order valence-corrected chi connectivity index (χ1v) is 15.5. The van der Waals surface area contributed by atoms with Gasteiger partial charge in [-0.05, 0) is 46.1 Å². The van der Waals surface area contributed by atoms with Gasteiger partial charge in [-0.1, -0.05) is 19.9 Å². The molecule has 1 aliphatic heterocycles. The van der Waals surface area contributed by atoms with Crippen molar-refractivity contribution in [2.24, 2.45) is 10.9 Å². The van der Waals surface area contributed by atoms with Crippen LogP contribution in [0.25, 0.3) is 0 Å². The number of alkyl halides is 1. The van der Waals surface area contributed by atoms with Gasteiger partial charge in [0, 0.05) is 17.0 Å². The number of esters is 1. The lowest BCUT2D eigenvalue weighted by Crippen LogP contribution is -2.48. The Hall–Kier alpha value is -2.23. The zero-order valence-corrected chi connectivity index (χ0v) is 26.5. The number of thiazole rings is 1. The Kier molecular flexibility index (Phi) is 13.5. The summed E-state index contributed by atoms with van der Waals surface area (Å²) in [7, 11) is 0. The Morgan fingerprint density at radius 2 is 1.98 bits per heavy atom. The Balaban J connectivity index is 1.99. The number of aliphatic hydroxyl groups is 2. The average Bonchev–Trinajstić information content (AvgIpc) is 3.46. The van der Waals surface area contributed by atoms with Crippen molar-refractivity contribution in [3.05, 3.63) is 28.2 Å². The number of allylic oxidation sites excluding steroid dienone is 1. The number of aliphatic imine (C=N–C) groups is 1. The maximum absolute atomic E-state index is 13.0. The van der Waals surface area contributed by atoms with Crippen LogP contribution in [-0.4, -0.2) is 79.7 Å². The zero-order valence-electron chi connectivity index (χ0n) is 24.1. The summed E-state index contributed by atoms with van der Waals surface area (Å²) in [5, 5.41) is 29.5. The van der Waals surface area contributed by atoms with Crippen molar-refractivity contribution in [1.82, 2.24) is 20.9 Å². The summed E-state index contributed by atoms with van der Waals surface area (Å²) in [4.78, 5) is 47.1. The SMILES string of the molecule is CC(C)[C@H](NC(=O)OC(C)(C)C)C(=O)OC(/C=C/CCCl)CC(=O)NCc1nc(C2=N[C@](C)(NC(O)O)CS2)cs1. The van der Waals surface area contributed by atoms with Gasteiger partial charge in [0.05, 0.1) is 13.0 Å². The quantitative estimate of drug-likeness (QED) is 0.0888. The van der Waals surface area contributed by atoms with E-state index in [9.17, 15) is 24.6 Å². The van der Waals surface area contributed by atoms with Gasteiger partial charge in [-0.25, -0.2) is 19.9 Å². The lowest BCUT2D eigenvalue weighted by molar-refractivity contribution is -0.151. The van der Waals surface area contributed by atoms with Crippen LogP contribution in [0.15, 0.2) is 22.5 Å². The first kappa shape index (κ1) is 35.0. The number of amides is 2. The second-order valence-electron chi connectivity index (χ2n) is 10.9. The third-order valence-corrected chi connectivity index (χ3v) is 7.71. The molecule has 0 aromatic carbocycles. The van der Waals surface area contributed by atoms with Gasteiger partial charge in [0.25, 0.3) is 0 Å². The first-order chi connectivity index (χ1) is 19.1. The highest BCUT2D eigenvalue weighted by Gasteiger charge is 2.33. The minimum atomic E-state index is -1.68. The van der Waals surface area contributed by atoms with E-state index >= 15 is 0 Å². The minimum Gasteiger partial charge on any atom is -0.456 e. The summed E-state index contributed by atoms with van der Waals surface area (Å²) in [6.07, 6.45) is 0.417. The predicted octanol–water partition coefficient (Wildman–Crippen LogP) is 2.86. The molecule has 0 fully saturated rings. The smallest absolute Gasteiger partial charge is 0.408 e. The van der Waals surface area contributed by atoms with Gasteiger partial charge in [0.2, 0.25) is 12.3 Å². The number of carbonyl (C=O) groups is 3. The Labute approximate surface area is 253 Å². The largest absolute Gasteiger partial charge is 0.456 e. The van der Waals surface area contributed by atoms with Crippen molar-refractivity contribution in [3.8, 4) is 0 Å². The van der Waals surface area contributed by atoms with Crippen molar-refractivity contribution in [1.29, 1.82) is 0 Å². The van der Waals surface area contributed by atoms with Crippen LogP contribution in [0, 0.1) is 5.92 Å². The monoisotopic (exact) mass is 633 g/mol. The number of halogens is 1. The number of hydrogen-bond donors (Lipinski definition) is 5. The molecule has 0 bridgehead atoms. The number of thioether (sulfide) groups is 1. The number of nitrogens with one attached hydrogen (secondary N) is 3. The minimum absolute atomic E-state index is 0.143. The molecule has 41 heavy (non-hydrogen) atoms. The molecule has 230 valence electrons. The van der Waals surface area contributed by atoms with Gasteiger partial charge in [-0.15, -0.1) is 34.7 Å². The van der Waals surface area contributed by atoms with Gasteiger partial charge in [-0.2, -0.15) is 0 Å². The second-order valence-corrected chi connectivity index (χ2v) is 13.1. The first-order valence-electron chi connectivity index (χ1n) is 13.1. The number of ether oxygens (including phenoxy) is 2. The number of rotatable bonds is 14. The van der Waals surface area contributed by atoms with Gasteiger partial charge in [0.1, 0.15) is 39.2 Å². The van der Waals surface area contributed by atoms with Crippen LogP contribution < -0.4 is 16.0 Å². The Morgan fingerprint density at radius 3 is 2.59 bits per heavy atom. The molecular weight excluding hydrogens is 594 g/mol. The molecule has 0 aliphatic carbocycles. The Morgan fingerprint density at radius 1 is 1.27 bits per heavy atom. The molecule has 15 heteroatoms. The fraction of sp³-hybridized carbons (Fsp3) is 0.654. The van der Waals surface area contributed by atoms with Crippen LogP contribution in [0.3, 0.4) is 0 Å². The summed E-state index contributed by atoms with van der Waals surface area (Å²) in [5.74, 6) is -0.470. The van der Waals surface area contributed by atoms with E-state index in [1.165, 1.54) is 23.1 Å². The van der Waals surface area contributed by atoms with Crippen LogP contribution in [-0.2, 0) is 25.6 Å². The number of alkyl carbamates (subject to hydrolysis) is 1. The standard InChI is InChI=1S/C26H40ClN5O7S2/c1-15(2)20(30-24(37)39-25(3,4)5)22(34)38-16(9-7-8-10-27)11-18(33)28-12-19-29-17(13-40-19)21-31-26(6,14-41-21)32-23(35)36/h7,9,13,15-16,20,23,32,35-36H,8,10-12,14H2,1-6H3,(H,28,33)(H,30,37)/b9-7+/t16?,20-,26+/m0/s1. The van der Waals surface area contributed by atoms with Crippen LogP contribution in [0.2, 0.25) is 0 Å². The van der Waals surface area contributed by atoms with E-state index in [0.29, 0.717) is 33.8 Å². The van der Waals surface area contributed by atoms with Crippen molar-refractivity contribution < 1.29 is 34.1 Å². The van der Waals surface area contributed by atoms with Gasteiger partial charge in [0.15, 0.2) is 0 Å². The number of aromatic nitrogens is 1. The average molecular weight is 634 g/mol. The van der Waals surface area contributed by atoms with E-state index in [2.05, 4.69) is 25.9 Å². The van der Waals surface area contributed by atoms with Crippen LogP contribution >= 0.6 is 34.7 Å². The lowest BCUT2D eigenvalue weighted by atomic mass is 10.0. The summed E-state index contributed by atoms with van der Waals surface area (Å²) in [5.41, 5.74) is -0.925. The van der Waals surface area contributed by atoms with E-state index in [1.54, 1.807) is 53.7 Å². The van der Waals surface area contributed by atoms with Crippen LogP contribution in [0.5, 0.6) is 0 Å². The fourth-order valence-electron chi connectivity index (χ4n) is 3.52. The topological polar surface area (TPSA) is 171 Å². The normalized spacial score (nSPS) is 18.9. The Bertz CT molecular complexity index is 1110. The number of aliphatic hydroxyl groups excluding tert-OH is 1. The van der Waals surface area contributed by atoms with Crippen molar-refractivity contribution >= 4 is 57.7 Å². The number of carbonyl (C=O) groups excluding carboxylic acids is 3. The van der Waals surface area contributed by atoms with E-state index < -0.39 is 41.9 Å². The number of hydrogen-bond acceptors (Lipinski definition) is 12. The molecule has 1 unspecified atom stereocenters. The van der Waals surface area contributed by atoms with E-state index in [1.807, 2.05) is 5.38 Å². The van der Waals surface area contributed by atoms with Crippen molar-refractivity contribution in [2.45, 2.75) is 90.8 Å². The van der Waals surface area contributed by atoms with Gasteiger partial charge < -0.3 is 30.3 Å². The van der Waals surface area contributed by atoms with E-state index in [4.69, 9.17) is 21.1 Å². The molecule has 0 spiro atoms. The van der Waals surface area contributed by atoms with Crippen molar-refractivity contribution in [3.63, 3.8) is 0 Å². The molecule has 1 aliphatic rings. The summed E-state index contributed by atoms with van der Waals surface area (Å²) < 4.78 is 10.9. The molecule has 2 rings (SSSR count). The molecule has 0 radical (unpaired) electrons. The van der Waals surface area contributed by atoms with E-state index in [-0.39, 0.29) is 24.8 Å². The third kappa shape index (κ3) is 12.7. The third-order valence-electron chi connectivity index (χ3n) is 5.36. The summed E-state index contributed by atoms with van der Waals surface area (Å²) >= 11 is 8.55. The van der Waals surface area contributed by atoms with Crippen molar-refractivity contribution in [2.75, 3.05) is 11.6 Å². The van der Waals surface area contributed by atoms with Gasteiger partial charge in [-0.3, -0.25) is 9.79 Å². The highest BCUT2D eigenvalue weighted by Crippen LogP contribution is 2.30. The predicted molar refractivity (Wildman–Crippen MR) is 160 cm³/mol. The maximum Gasteiger partial charge on any atom is 0.408 e. The zero-order chi connectivity index (χ0) is 30.8. The fourth-order valence-corrected chi connectivity index (χ4v) is 5.52. The van der Waals surface area contributed by atoms with Crippen LogP contribution in [0.1, 0.15) is 65.1 Å². The van der Waals surface area contributed by atoms with Crippen LogP contribution in [0.4, 0.5) is 4.79 Å². The molecule has 1 aromatic heterocycles. The molecule has 12 nitrogen and oxygen atoms in total. The molecule has 2 amide bonds. The maximum atomic E-state index is 13.0. The highest BCUT2D eigenvalue weighted by atomic mass is 35.5. The molecule has 0 saturated carbocycles. The summed E-state index contributed by atoms with van der Waals surface area (Å²) in [6.45, 7) is 10.6. The van der Waals surface area contributed by atoms with Gasteiger partial charge >= 0.3 is 12.1 Å². The molecular formula is C26H40ClN5O7S2. The summed E-state index contributed by atoms with van der Waals surface area (Å²) in [6, 6.07) is -0.973. The molecule has 3 atom stereocenters. The molecule has 5 N–H and O–H groups in total. The highest BCUT2D eigenvalue weighted by molar-refractivity contribution is 8.14. The molecule has 1 aromatic rings. The lowest BCUT2D eigenvalue weighted by Gasteiger charge is -2.26. The van der Waals surface area contributed by atoms with E-state index in [0.717, 1.165) is 0 Å². The molecule has 2 heterocycles. The molecule has 0 saturated heterocycles. The number of nitrogens with zero attached hydrogens (tertiary/aromatic N) is 2.